The predicted molar refractivity (Wildman–Crippen MR) is 100.0 cm³/mol. The SMILES string of the molecule is CC(C)C(N)C(=O)NC(CS)C(=O)N1CCCC1C(=O)NC(CO)C(=O)O. The fraction of sp³-hybridized carbons (Fsp3) is 0.750. The molecular formula is C16H28N4O6S. The van der Waals surface area contributed by atoms with Gasteiger partial charge in [-0.2, -0.15) is 12.6 Å². The summed E-state index contributed by atoms with van der Waals surface area (Å²) in [5, 5.41) is 22.7. The lowest BCUT2D eigenvalue weighted by Gasteiger charge is -2.29. The minimum atomic E-state index is -1.44. The fourth-order valence-corrected chi connectivity index (χ4v) is 2.96. The first-order valence-corrected chi connectivity index (χ1v) is 9.38. The van der Waals surface area contributed by atoms with Crippen molar-refractivity contribution in [2.75, 3.05) is 18.9 Å². The lowest BCUT2D eigenvalue weighted by molar-refractivity contribution is -0.145. The summed E-state index contributed by atoms with van der Waals surface area (Å²) in [5.41, 5.74) is 5.79. The molecule has 3 amide bonds. The van der Waals surface area contributed by atoms with Crippen molar-refractivity contribution >= 4 is 36.3 Å². The Morgan fingerprint density at radius 3 is 2.33 bits per heavy atom. The number of thiol groups is 1. The number of nitrogens with two attached hydrogens (primary N) is 1. The van der Waals surface area contributed by atoms with Crippen LogP contribution < -0.4 is 16.4 Å². The number of aliphatic carboxylic acids is 1. The van der Waals surface area contributed by atoms with E-state index in [0.717, 1.165) is 0 Å². The monoisotopic (exact) mass is 404 g/mol. The summed E-state index contributed by atoms with van der Waals surface area (Å²) in [5.74, 6) is -3.09. The number of carboxylic acid groups (broad SMARTS) is 1. The molecular weight excluding hydrogens is 376 g/mol. The van der Waals surface area contributed by atoms with Crippen LogP contribution in [0.15, 0.2) is 0 Å². The lowest BCUT2D eigenvalue weighted by Crippen LogP contribution is -2.58. The smallest absolute Gasteiger partial charge is 0.328 e. The highest BCUT2D eigenvalue weighted by atomic mass is 32.1. The summed E-state index contributed by atoms with van der Waals surface area (Å²) in [6.45, 7) is 3.10. The van der Waals surface area contributed by atoms with Crippen LogP contribution in [-0.2, 0) is 19.2 Å². The predicted octanol–water partition coefficient (Wildman–Crippen LogP) is -2.06. The van der Waals surface area contributed by atoms with Crippen molar-refractivity contribution in [1.82, 2.24) is 15.5 Å². The van der Waals surface area contributed by atoms with Crippen LogP contribution in [0.1, 0.15) is 26.7 Å². The second-order valence-corrected chi connectivity index (χ2v) is 7.15. The van der Waals surface area contributed by atoms with Crippen LogP contribution in [0.2, 0.25) is 0 Å². The number of aliphatic hydroxyl groups excluding tert-OH is 1. The zero-order valence-electron chi connectivity index (χ0n) is 15.4. The number of carbonyl (C=O) groups is 4. The number of nitrogens with zero attached hydrogens (tertiary/aromatic N) is 1. The molecule has 1 aliphatic rings. The van der Waals surface area contributed by atoms with Gasteiger partial charge in [-0.15, -0.1) is 0 Å². The van der Waals surface area contributed by atoms with Crippen LogP contribution in [-0.4, -0.2) is 81.9 Å². The molecule has 0 aromatic carbocycles. The summed E-state index contributed by atoms with van der Waals surface area (Å²) in [6.07, 6.45) is 0.910. The highest BCUT2D eigenvalue weighted by Gasteiger charge is 2.38. The van der Waals surface area contributed by atoms with E-state index in [1.54, 1.807) is 13.8 Å². The molecule has 0 aliphatic carbocycles. The summed E-state index contributed by atoms with van der Waals surface area (Å²) in [7, 11) is 0. The van der Waals surface area contributed by atoms with E-state index in [1.165, 1.54) is 4.90 Å². The Morgan fingerprint density at radius 1 is 1.22 bits per heavy atom. The van der Waals surface area contributed by atoms with E-state index in [9.17, 15) is 19.2 Å². The third-order valence-electron chi connectivity index (χ3n) is 4.45. The maximum atomic E-state index is 12.8. The van der Waals surface area contributed by atoms with Gasteiger partial charge < -0.3 is 31.5 Å². The van der Waals surface area contributed by atoms with Crippen molar-refractivity contribution in [3.8, 4) is 0 Å². The second-order valence-electron chi connectivity index (χ2n) is 6.79. The maximum absolute atomic E-state index is 12.8. The van der Waals surface area contributed by atoms with E-state index in [4.69, 9.17) is 15.9 Å². The molecule has 4 atom stereocenters. The number of likely N-dealkylation sites (tertiary alicyclic amines) is 1. The fourth-order valence-electron chi connectivity index (χ4n) is 2.71. The Labute approximate surface area is 163 Å². The van der Waals surface area contributed by atoms with Crippen LogP contribution in [0.5, 0.6) is 0 Å². The summed E-state index contributed by atoms with van der Waals surface area (Å²) in [4.78, 5) is 49.5. The average molecular weight is 404 g/mol. The van der Waals surface area contributed by atoms with Crippen molar-refractivity contribution in [1.29, 1.82) is 0 Å². The van der Waals surface area contributed by atoms with E-state index in [0.29, 0.717) is 19.4 Å². The van der Waals surface area contributed by atoms with Gasteiger partial charge in [0, 0.05) is 12.3 Å². The first-order valence-electron chi connectivity index (χ1n) is 8.75. The van der Waals surface area contributed by atoms with Gasteiger partial charge in [0.15, 0.2) is 0 Å². The number of aliphatic hydroxyl groups is 1. The quantitative estimate of drug-likeness (QED) is 0.241. The zero-order valence-corrected chi connectivity index (χ0v) is 16.3. The van der Waals surface area contributed by atoms with Gasteiger partial charge in [0.2, 0.25) is 17.7 Å². The van der Waals surface area contributed by atoms with Crippen LogP contribution in [0.25, 0.3) is 0 Å². The summed E-state index contributed by atoms with van der Waals surface area (Å²) in [6, 6.07) is -4.05. The molecule has 1 heterocycles. The number of carboxylic acids is 1. The number of amides is 3. The molecule has 1 aliphatic heterocycles. The Bertz CT molecular complexity index is 573. The number of carbonyl (C=O) groups excluding carboxylic acids is 3. The Kier molecular flexibility index (Phi) is 9.00. The molecule has 1 saturated heterocycles. The third kappa shape index (κ3) is 6.08. The molecule has 0 aromatic rings. The van der Waals surface area contributed by atoms with E-state index in [2.05, 4.69) is 23.3 Å². The highest BCUT2D eigenvalue weighted by Crippen LogP contribution is 2.19. The van der Waals surface area contributed by atoms with Crippen molar-refractivity contribution in [3.05, 3.63) is 0 Å². The minimum absolute atomic E-state index is 0.0224. The molecule has 6 N–H and O–H groups in total. The second kappa shape index (κ2) is 10.5. The van der Waals surface area contributed by atoms with Gasteiger partial charge in [0.25, 0.3) is 0 Å². The third-order valence-corrected chi connectivity index (χ3v) is 4.82. The largest absolute Gasteiger partial charge is 0.480 e. The van der Waals surface area contributed by atoms with Gasteiger partial charge in [0.1, 0.15) is 18.1 Å². The first kappa shape index (κ1) is 23.2. The van der Waals surface area contributed by atoms with E-state index < -0.39 is 54.5 Å². The van der Waals surface area contributed by atoms with Crippen molar-refractivity contribution < 1.29 is 29.4 Å². The normalized spacial score (nSPS) is 20.1. The molecule has 1 fully saturated rings. The lowest BCUT2D eigenvalue weighted by atomic mass is 10.0. The van der Waals surface area contributed by atoms with Crippen LogP contribution in [0.3, 0.4) is 0 Å². The average Bonchev–Trinajstić information content (AvgIpc) is 3.11. The van der Waals surface area contributed by atoms with E-state index in [-0.39, 0.29) is 11.7 Å². The highest BCUT2D eigenvalue weighted by molar-refractivity contribution is 7.80. The van der Waals surface area contributed by atoms with Crippen molar-refractivity contribution in [2.45, 2.75) is 50.9 Å². The molecule has 0 radical (unpaired) electrons. The van der Waals surface area contributed by atoms with Gasteiger partial charge in [-0.05, 0) is 18.8 Å². The molecule has 11 heteroatoms. The van der Waals surface area contributed by atoms with Crippen molar-refractivity contribution in [3.63, 3.8) is 0 Å². The Balaban J connectivity index is 2.82. The van der Waals surface area contributed by atoms with Gasteiger partial charge in [0.05, 0.1) is 12.6 Å². The molecule has 27 heavy (non-hydrogen) atoms. The number of hydrogen-bond donors (Lipinski definition) is 6. The molecule has 4 unspecified atom stereocenters. The van der Waals surface area contributed by atoms with Gasteiger partial charge >= 0.3 is 5.97 Å². The first-order chi connectivity index (χ1) is 12.6. The number of rotatable bonds is 9. The molecule has 1 rings (SSSR count). The molecule has 0 bridgehead atoms. The van der Waals surface area contributed by atoms with Gasteiger partial charge in [-0.25, -0.2) is 4.79 Å². The summed E-state index contributed by atoms with van der Waals surface area (Å²) >= 11 is 4.11. The molecule has 154 valence electrons. The summed E-state index contributed by atoms with van der Waals surface area (Å²) < 4.78 is 0. The zero-order chi connectivity index (χ0) is 20.7. The van der Waals surface area contributed by atoms with Crippen LogP contribution >= 0.6 is 12.6 Å². The number of nitrogens with one attached hydrogen (secondary N) is 2. The van der Waals surface area contributed by atoms with Gasteiger partial charge in [-0.1, -0.05) is 13.8 Å². The number of hydrogen-bond acceptors (Lipinski definition) is 7. The standard InChI is InChI=1S/C16H28N4O6S/c1-8(2)12(17)14(23)19-10(7-27)15(24)20-5-3-4-11(20)13(22)18-9(6-21)16(25)26/h8-12,21,27H,3-7,17H2,1-2H3,(H,18,22)(H,19,23)(H,25,26). The minimum Gasteiger partial charge on any atom is -0.480 e. The van der Waals surface area contributed by atoms with Crippen molar-refractivity contribution in [2.24, 2.45) is 11.7 Å². The molecule has 0 aromatic heterocycles. The molecule has 10 nitrogen and oxygen atoms in total. The Morgan fingerprint density at radius 2 is 1.85 bits per heavy atom. The van der Waals surface area contributed by atoms with Gasteiger partial charge in [-0.3, -0.25) is 14.4 Å². The van der Waals surface area contributed by atoms with E-state index >= 15 is 0 Å². The molecule has 0 spiro atoms. The van der Waals surface area contributed by atoms with Crippen LogP contribution in [0.4, 0.5) is 0 Å². The topological polar surface area (TPSA) is 162 Å². The Hall–Kier alpha value is -1.85. The maximum Gasteiger partial charge on any atom is 0.328 e. The molecule has 0 saturated carbocycles. The van der Waals surface area contributed by atoms with Crippen LogP contribution in [0, 0.1) is 5.92 Å². The van der Waals surface area contributed by atoms with E-state index in [1.807, 2.05) is 0 Å².